The maximum Gasteiger partial charge on any atom is 0.293 e. The Bertz CT molecular complexity index is 619. The van der Waals surface area contributed by atoms with E-state index in [4.69, 9.17) is 5.73 Å². The minimum Gasteiger partial charge on any atom is -0.365 e. The van der Waals surface area contributed by atoms with Crippen molar-refractivity contribution >= 4 is 17.3 Å². The number of benzene rings is 1. The third-order valence-electron chi connectivity index (χ3n) is 4.91. The molecule has 0 radical (unpaired) electrons. The molecule has 3 atom stereocenters. The topological polar surface area (TPSA) is 102 Å². The summed E-state index contributed by atoms with van der Waals surface area (Å²) in [6.07, 6.45) is 2.13. The van der Waals surface area contributed by atoms with Crippen molar-refractivity contribution in [3.05, 3.63) is 33.9 Å². The summed E-state index contributed by atoms with van der Waals surface area (Å²) in [7, 11) is 1.51. The first kappa shape index (κ1) is 14.8. The molecule has 3 rings (SSSR count). The van der Waals surface area contributed by atoms with Gasteiger partial charge in [0.05, 0.1) is 4.92 Å². The average molecular weight is 304 g/mol. The molecule has 1 saturated heterocycles. The monoisotopic (exact) mass is 304 g/mol. The van der Waals surface area contributed by atoms with E-state index in [2.05, 4.69) is 5.32 Å². The number of hydrogen-bond acceptors (Lipinski definition) is 5. The van der Waals surface area contributed by atoms with Gasteiger partial charge in [0.15, 0.2) is 0 Å². The van der Waals surface area contributed by atoms with Gasteiger partial charge in [0.1, 0.15) is 5.69 Å². The maximum absolute atomic E-state index is 11.7. The van der Waals surface area contributed by atoms with E-state index in [0.717, 1.165) is 25.9 Å². The molecule has 1 aromatic carbocycles. The SMILES string of the molecule is CNC(=O)c1ccc(N2CC3CCC(N)C3C2)c([N+](=O)[O-])c1. The predicted molar refractivity (Wildman–Crippen MR) is 82.9 cm³/mol. The van der Waals surface area contributed by atoms with Gasteiger partial charge in [0, 0.05) is 37.8 Å². The molecular weight excluding hydrogens is 284 g/mol. The van der Waals surface area contributed by atoms with Crippen LogP contribution in [0.15, 0.2) is 18.2 Å². The van der Waals surface area contributed by atoms with Crippen LogP contribution in [-0.2, 0) is 0 Å². The lowest BCUT2D eigenvalue weighted by molar-refractivity contribution is -0.384. The van der Waals surface area contributed by atoms with Gasteiger partial charge >= 0.3 is 0 Å². The van der Waals surface area contributed by atoms with Crippen LogP contribution in [0.2, 0.25) is 0 Å². The van der Waals surface area contributed by atoms with Crippen LogP contribution in [0.25, 0.3) is 0 Å². The van der Waals surface area contributed by atoms with Gasteiger partial charge in [-0.2, -0.15) is 0 Å². The predicted octanol–water partition coefficient (Wildman–Crippen LogP) is 1.13. The van der Waals surface area contributed by atoms with Gasteiger partial charge < -0.3 is 16.0 Å². The highest BCUT2D eigenvalue weighted by molar-refractivity contribution is 5.95. The molecule has 1 heterocycles. The third kappa shape index (κ3) is 2.41. The van der Waals surface area contributed by atoms with Gasteiger partial charge in [-0.3, -0.25) is 14.9 Å². The average Bonchev–Trinajstić information content (AvgIpc) is 3.08. The Morgan fingerprint density at radius 2 is 2.18 bits per heavy atom. The number of nitrogens with zero attached hydrogens (tertiary/aromatic N) is 2. The van der Waals surface area contributed by atoms with Crippen molar-refractivity contribution in [2.45, 2.75) is 18.9 Å². The van der Waals surface area contributed by atoms with Crippen molar-refractivity contribution in [3.8, 4) is 0 Å². The van der Waals surface area contributed by atoms with Crippen LogP contribution in [0.3, 0.4) is 0 Å². The van der Waals surface area contributed by atoms with E-state index in [1.807, 2.05) is 4.90 Å². The molecule has 3 N–H and O–H groups in total. The molecular formula is C15H20N4O3. The quantitative estimate of drug-likeness (QED) is 0.644. The normalized spacial score (nSPS) is 26.8. The van der Waals surface area contributed by atoms with Crippen molar-refractivity contribution in [3.63, 3.8) is 0 Å². The van der Waals surface area contributed by atoms with Gasteiger partial charge in [0.25, 0.3) is 11.6 Å². The fourth-order valence-corrected chi connectivity index (χ4v) is 3.73. The second kappa shape index (κ2) is 5.57. The Balaban J connectivity index is 1.91. The number of nitrogens with two attached hydrogens (primary N) is 1. The number of amides is 1. The number of nitrogens with one attached hydrogen (secondary N) is 1. The second-order valence-electron chi connectivity index (χ2n) is 6.11. The van der Waals surface area contributed by atoms with Crippen molar-refractivity contribution < 1.29 is 9.72 Å². The van der Waals surface area contributed by atoms with Gasteiger partial charge in [0.2, 0.25) is 0 Å². The molecule has 7 nitrogen and oxygen atoms in total. The van der Waals surface area contributed by atoms with Gasteiger partial charge in [-0.1, -0.05) is 0 Å². The second-order valence-corrected chi connectivity index (χ2v) is 6.11. The molecule has 0 aromatic heterocycles. The summed E-state index contributed by atoms with van der Waals surface area (Å²) in [4.78, 5) is 24.7. The zero-order chi connectivity index (χ0) is 15.9. The van der Waals surface area contributed by atoms with E-state index in [0.29, 0.717) is 23.1 Å². The molecule has 1 saturated carbocycles. The highest BCUT2D eigenvalue weighted by Gasteiger charge is 2.42. The zero-order valence-electron chi connectivity index (χ0n) is 12.5. The molecule has 118 valence electrons. The number of nitro benzene ring substituents is 1. The zero-order valence-corrected chi connectivity index (χ0v) is 12.5. The minimum atomic E-state index is -0.421. The summed E-state index contributed by atoms with van der Waals surface area (Å²) in [6, 6.07) is 4.85. The van der Waals surface area contributed by atoms with Crippen LogP contribution in [0.1, 0.15) is 23.2 Å². The summed E-state index contributed by atoms with van der Waals surface area (Å²) in [5, 5.41) is 13.9. The molecule has 0 spiro atoms. The molecule has 2 fully saturated rings. The fraction of sp³-hybridized carbons (Fsp3) is 0.533. The number of nitro groups is 1. The van der Waals surface area contributed by atoms with Crippen LogP contribution in [0.4, 0.5) is 11.4 Å². The number of rotatable bonds is 3. The summed E-state index contributed by atoms with van der Waals surface area (Å²) >= 11 is 0. The van der Waals surface area contributed by atoms with Crippen LogP contribution in [0, 0.1) is 22.0 Å². The van der Waals surface area contributed by atoms with E-state index in [1.54, 1.807) is 12.1 Å². The van der Waals surface area contributed by atoms with E-state index >= 15 is 0 Å². The molecule has 2 aliphatic rings. The lowest BCUT2D eigenvalue weighted by Gasteiger charge is -2.21. The Morgan fingerprint density at radius 3 is 2.82 bits per heavy atom. The van der Waals surface area contributed by atoms with E-state index in [1.165, 1.54) is 13.1 Å². The lowest BCUT2D eigenvalue weighted by Crippen LogP contribution is -2.30. The van der Waals surface area contributed by atoms with E-state index in [-0.39, 0.29) is 17.6 Å². The third-order valence-corrected chi connectivity index (χ3v) is 4.91. The van der Waals surface area contributed by atoms with Gasteiger partial charge in [-0.15, -0.1) is 0 Å². The summed E-state index contributed by atoms with van der Waals surface area (Å²) in [6.45, 7) is 1.56. The smallest absolute Gasteiger partial charge is 0.293 e. The number of fused-ring (bicyclic) bond motifs is 1. The van der Waals surface area contributed by atoms with Crippen molar-refractivity contribution in [2.24, 2.45) is 17.6 Å². The lowest BCUT2D eigenvalue weighted by atomic mass is 9.98. The highest BCUT2D eigenvalue weighted by Crippen LogP contribution is 2.41. The number of hydrogen-bond donors (Lipinski definition) is 2. The Kier molecular flexibility index (Phi) is 3.74. The molecule has 22 heavy (non-hydrogen) atoms. The van der Waals surface area contributed by atoms with Crippen molar-refractivity contribution in [2.75, 3.05) is 25.0 Å². The Hall–Kier alpha value is -2.15. The molecule has 1 amide bonds. The van der Waals surface area contributed by atoms with Gasteiger partial charge in [-0.05, 0) is 36.8 Å². The molecule has 1 aromatic rings. The van der Waals surface area contributed by atoms with Gasteiger partial charge in [-0.25, -0.2) is 0 Å². The summed E-state index contributed by atoms with van der Waals surface area (Å²) in [5.74, 6) is 0.612. The summed E-state index contributed by atoms with van der Waals surface area (Å²) in [5.41, 5.74) is 6.99. The van der Waals surface area contributed by atoms with Crippen molar-refractivity contribution in [1.29, 1.82) is 0 Å². The first-order valence-electron chi connectivity index (χ1n) is 7.52. The van der Waals surface area contributed by atoms with Crippen molar-refractivity contribution in [1.82, 2.24) is 5.32 Å². The molecule has 0 bridgehead atoms. The first-order chi connectivity index (χ1) is 10.5. The Labute approximate surface area is 128 Å². The number of carbonyl (C=O) groups excluding carboxylic acids is 1. The molecule has 1 aliphatic carbocycles. The Morgan fingerprint density at radius 1 is 1.41 bits per heavy atom. The van der Waals surface area contributed by atoms with Crippen LogP contribution in [-0.4, -0.2) is 37.0 Å². The van der Waals surface area contributed by atoms with Crippen LogP contribution >= 0.6 is 0 Å². The molecule has 7 heteroatoms. The number of carbonyl (C=O) groups is 1. The molecule has 1 aliphatic heterocycles. The minimum absolute atomic E-state index is 0.0188. The first-order valence-corrected chi connectivity index (χ1v) is 7.52. The maximum atomic E-state index is 11.7. The number of anilines is 1. The van der Waals surface area contributed by atoms with E-state index in [9.17, 15) is 14.9 Å². The van der Waals surface area contributed by atoms with E-state index < -0.39 is 4.92 Å². The molecule has 3 unspecified atom stereocenters. The standard InChI is InChI=1S/C15H20N4O3/c1-17-15(20)9-3-5-13(14(6-9)19(21)22)18-7-10-2-4-12(16)11(10)8-18/h3,5-6,10-12H,2,4,7-8,16H2,1H3,(H,17,20). The fourth-order valence-electron chi connectivity index (χ4n) is 3.73. The largest absolute Gasteiger partial charge is 0.365 e. The highest BCUT2D eigenvalue weighted by atomic mass is 16.6. The summed E-state index contributed by atoms with van der Waals surface area (Å²) < 4.78 is 0. The van der Waals surface area contributed by atoms with Crippen LogP contribution < -0.4 is 16.0 Å². The van der Waals surface area contributed by atoms with Crippen LogP contribution in [0.5, 0.6) is 0 Å².